The molecule has 0 aliphatic carbocycles. The van der Waals surface area contributed by atoms with Gasteiger partial charge in [0, 0.05) is 19.6 Å². The lowest BCUT2D eigenvalue weighted by Crippen LogP contribution is -2.42. The summed E-state index contributed by atoms with van der Waals surface area (Å²) >= 11 is 0. The molecule has 0 N–H and O–H groups in total. The van der Waals surface area contributed by atoms with Crippen LogP contribution in [0.5, 0.6) is 0 Å². The van der Waals surface area contributed by atoms with Gasteiger partial charge in [-0.2, -0.15) is 0 Å². The third-order valence-corrected chi connectivity index (χ3v) is 4.76. The molecule has 1 amide bonds. The molecule has 0 spiro atoms. The lowest BCUT2D eigenvalue weighted by Gasteiger charge is -2.30. The Kier molecular flexibility index (Phi) is 5.68. The van der Waals surface area contributed by atoms with E-state index in [9.17, 15) is 14.4 Å². The Hall–Kier alpha value is -2.97. The van der Waals surface area contributed by atoms with E-state index >= 15 is 0 Å². The molecule has 9 nitrogen and oxygen atoms in total. The van der Waals surface area contributed by atoms with Crippen molar-refractivity contribution in [1.29, 1.82) is 0 Å². The SMILES string of the molecule is CCn1nnc2cc(C(=O)OCC(=O)N3CCC(C(=O)OC)CC3)ccc21. The van der Waals surface area contributed by atoms with E-state index in [4.69, 9.17) is 9.47 Å². The summed E-state index contributed by atoms with van der Waals surface area (Å²) in [6.45, 7) is 3.20. The minimum atomic E-state index is -0.583. The number of hydrogen-bond acceptors (Lipinski definition) is 7. The van der Waals surface area contributed by atoms with Crippen LogP contribution in [0.3, 0.4) is 0 Å². The molecule has 0 radical (unpaired) electrons. The fourth-order valence-electron chi connectivity index (χ4n) is 3.17. The Labute approximate surface area is 156 Å². The van der Waals surface area contributed by atoms with E-state index in [0.29, 0.717) is 43.6 Å². The minimum Gasteiger partial charge on any atom is -0.469 e. The van der Waals surface area contributed by atoms with Gasteiger partial charge in [-0.15, -0.1) is 5.10 Å². The van der Waals surface area contributed by atoms with Gasteiger partial charge in [0.1, 0.15) is 5.52 Å². The normalized spacial score (nSPS) is 15.0. The van der Waals surface area contributed by atoms with Crippen LogP contribution in [0.2, 0.25) is 0 Å². The summed E-state index contributed by atoms with van der Waals surface area (Å²) in [5.41, 5.74) is 1.75. The summed E-state index contributed by atoms with van der Waals surface area (Å²) in [4.78, 5) is 37.6. The smallest absolute Gasteiger partial charge is 0.338 e. The first-order valence-electron chi connectivity index (χ1n) is 8.89. The summed E-state index contributed by atoms with van der Waals surface area (Å²) in [7, 11) is 1.36. The second-order valence-electron chi connectivity index (χ2n) is 6.36. The van der Waals surface area contributed by atoms with Crippen LogP contribution in [-0.2, 0) is 25.6 Å². The molecule has 2 heterocycles. The van der Waals surface area contributed by atoms with Crippen molar-refractivity contribution in [1.82, 2.24) is 19.9 Å². The number of methoxy groups -OCH3 is 1. The standard InChI is InChI=1S/C18H22N4O5/c1-3-22-15-5-4-13(10-14(15)19-20-22)18(25)27-11-16(23)21-8-6-12(7-9-21)17(24)26-2/h4-5,10,12H,3,6-9,11H2,1-2H3. The van der Waals surface area contributed by atoms with Crippen LogP contribution >= 0.6 is 0 Å². The van der Waals surface area contributed by atoms with E-state index in [1.807, 2.05) is 6.92 Å². The van der Waals surface area contributed by atoms with Crippen LogP contribution in [0.1, 0.15) is 30.1 Å². The number of rotatable bonds is 5. The molecule has 3 rings (SSSR count). The average Bonchev–Trinajstić information content (AvgIpc) is 3.13. The lowest BCUT2D eigenvalue weighted by atomic mass is 9.97. The molecule has 1 saturated heterocycles. The second-order valence-corrected chi connectivity index (χ2v) is 6.36. The molecule has 1 fully saturated rings. The molecule has 2 aromatic rings. The van der Waals surface area contributed by atoms with Crippen LogP contribution in [0, 0.1) is 5.92 Å². The van der Waals surface area contributed by atoms with Gasteiger partial charge in [0.05, 0.1) is 24.1 Å². The predicted octanol–water partition coefficient (Wildman–Crippen LogP) is 1.02. The molecular weight excluding hydrogens is 352 g/mol. The van der Waals surface area contributed by atoms with Gasteiger partial charge in [0.15, 0.2) is 6.61 Å². The largest absolute Gasteiger partial charge is 0.469 e. The Balaban J connectivity index is 1.53. The molecule has 0 atom stereocenters. The van der Waals surface area contributed by atoms with E-state index in [1.165, 1.54) is 7.11 Å². The highest BCUT2D eigenvalue weighted by molar-refractivity contribution is 5.94. The monoisotopic (exact) mass is 374 g/mol. The lowest BCUT2D eigenvalue weighted by molar-refractivity contribution is -0.149. The maximum absolute atomic E-state index is 12.2. The molecule has 1 aromatic heterocycles. The number of fused-ring (bicyclic) bond motifs is 1. The fraction of sp³-hybridized carbons (Fsp3) is 0.500. The first-order chi connectivity index (χ1) is 13.0. The highest BCUT2D eigenvalue weighted by Crippen LogP contribution is 2.19. The molecule has 0 unspecified atom stereocenters. The Morgan fingerprint density at radius 3 is 2.63 bits per heavy atom. The molecule has 0 saturated carbocycles. The van der Waals surface area contributed by atoms with Crippen molar-refractivity contribution < 1.29 is 23.9 Å². The zero-order chi connectivity index (χ0) is 19.4. The van der Waals surface area contributed by atoms with Gasteiger partial charge < -0.3 is 14.4 Å². The van der Waals surface area contributed by atoms with Gasteiger partial charge in [-0.3, -0.25) is 9.59 Å². The second kappa shape index (κ2) is 8.15. The van der Waals surface area contributed by atoms with E-state index in [1.54, 1.807) is 27.8 Å². The molecule has 0 bridgehead atoms. The van der Waals surface area contributed by atoms with Crippen molar-refractivity contribution in [3.63, 3.8) is 0 Å². The maximum Gasteiger partial charge on any atom is 0.338 e. The Bertz CT molecular complexity index is 855. The number of amides is 1. The average molecular weight is 374 g/mol. The third-order valence-electron chi connectivity index (χ3n) is 4.76. The number of benzene rings is 1. The topological polar surface area (TPSA) is 104 Å². The number of nitrogens with zero attached hydrogens (tertiary/aromatic N) is 4. The summed E-state index contributed by atoms with van der Waals surface area (Å²) in [6.07, 6.45) is 1.10. The summed E-state index contributed by atoms with van der Waals surface area (Å²) in [5, 5.41) is 8.02. The van der Waals surface area contributed by atoms with Crippen molar-refractivity contribution in [2.24, 2.45) is 5.92 Å². The zero-order valence-corrected chi connectivity index (χ0v) is 15.4. The molecule has 27 heavy (non-hydrogen) atoms. The highest BCUT2D eigenvalue weighted by Gasteiger charge is 2.28. The summed E-state index contributed by atoms with van der Waals surface area (Å²) in [5.74, 6) is -1.28. The summed E-state index contributed by atoms with van der Waals surface area (Å²) in [6, 6.07) is 4.99. The molecule has 144 valence electrons. The van der Waals surface area contributed by atoms with Crippen molar-refractivity contribution in [3.8, 4) is 0 Å². The van der Waals surface area contributed by atoms with Crippen LogP contribution in [0.15, 0.2) is 18.2 Å². The van der Waals surface area contributed by atoms with Crippen LogP contribution in [0.25, 0.3) is 11.0 Å². The quantitative estimate of drug-likeness (QED) is 0.720. The molecule has 1 aromatic carbocycles. The third kappa shape index (κ3) is 4.07. The number of esters is 2. The Morgan fingerprint density at radius 1 is 1.22 bits per heavy atom. The van der Waals surface area contributed by atoms with Crippen LogP contribution in [0.4, 0.5) is 0 Å². The van der Waals surface area contributed by atoms with Crippen molar-refractivity contribution in [3.05, 3.63) is 23.8 Å². The van der Waals surface area contributed by atoms with Gasteiger partial charge in [0.25, 0.3) is 5.91 Å². The van der Waals surface area contributed by atoms with E-state index in [-0.39, 0.29) is 24.4 Å². The first-order valence-corrected chi connectivity index (χ1v) is 8.89. The number of carbonyl (C=O) groups excluding carboxylic acids is 3. The number of carbonyl (C=O) groups is 3. The van der Waals surface area contributed by atoms with E-state index < -0.39 is 5.97 Å². The van der Waals surface area contributed by atoms with E-state index in [0.717, 1.165) is 5.52 Å². The number of hydrogen-bond donors (Lipinski definition) is 0. The molecule has 9 heteroatoms. The number of aromatic nitrogens is 3. The number of piperidine rings is 1. The van der Waals surface area contributed by atoms with Crippen molar-refractivity contribution >= 4 is 28.9 Å². The fourth-order valence-corrected chi connectivity index (χ4v) is 3.17. The minimum absolute atomic E-state index is 0.176. The molecule has 1 aliphatic heterocycles. The zero-order valence-electron chi connectivity index (χ0n) is 15.4. The van der Waals surface area contributed by atoms with Gasteiger partial charge in [-0.1, -0.05) is 5.21 Å². The number of ether oxygens (including phenoxy) is 2. The number of likely N-dealkylation sites (tertiary alicyclic amines) is 1. The van der Waals surface area contributed by atoms with E-state index in [2.05, 4.69) is 10.3 Å². The van der Waals surface area contributed by atoms with Gasteiger partial charge in [-0.05, 0) is 38.0 Å². The van der Waals surface area contributed by atoms with Crippen molar-refractivity contribution in [2.45, 2.75) is 26.3 Å². The first kappa shape index (κ1) is 18.8. The highest BCUT2D eigenvalue weighted by atomic mass is 16.5. The van der Waals surface area contributed by atoms with Crippen LogP contribution in [-0.4, -0.2) is 64.5 Å². The number of aryl methyl sites for hydroxylation is 1. The van der Waals surface area contributed by atoms with Gasteiger partial charge in [0.2, 0.25) is 0 Å². The Morgan fingerprint density at radius 2 is 1.96 bits per heavy atom. The molecule has 1 aliphatic rings. The van der Waals surface area contributed by atoms with Gasteiger partial charge in [-0.25, -0.2) is 9.48 Å². The maximum atomic E-state index is 12.2. The summed E-state index contributed by atoms with van der Waals surface area (Å²) < 4.78 is 11.6. The van der Waals surface area contributed by atoms with Gasteiger partial charge >= 0.3 is 11.9 Å². The molecular formula is C18H22N4O5. The van der Waals surface area contributed by atoms with Crippen molar-refractivity contribution in [2.75, 3.05) is 26.8 Å². The predicted molar refractivity (Wildman–Crippen MR) is 94.8 cm³/mol. The van der Waals surface area contributed by atoms with Crippen LogP contribution < -0.4 is 0 Å².